The highest BCUT2D eigenvalue weighted by Gasteiger charge is 2.12. The molecule has 6 heteroatoms. The van der Waals surface area contributed by atoms with Crippen molar-refractivity contribution >= 4 is 27.4 Å². The fourth-order valence-corrected chi connectivity index (χ4v) is 2.68. The third-order valence-electron chi connectivity index (χ3n) is 2.91. The van der Waals surface area contributed by atoms with E-state index in [1.54, 1.807) is 23.9 Å². The lowest BCUT2D eigenvalue weighted by Gasteiger charge is -2.08. The maximum Gasteiger partial charge on any atom is 0.181 e. The molecule has 0 aliphatic rings. The second kappa shape index (κ2) is 4.97. The van der Waals surface area contributed by atoms with Gasteiger partial charge < -0.3 is 9.88 Å². The quantitative estimate of drug-likeness (QED) is 0.794. The lowest BCUT2D eigenvalue weighted by molar-refractivity contribution is 0.909. The van der Waals surface area contributed by atoms with Crippen LogP contribution in [0.3, 0.4) is 0 Å². The number of fused-ring (bicyclic) bond motifs is 1. The topological polar surface area (TPSA) is 55.6 Å². The number of hydrogen-bond acceptors (Lipinski definition) is 5. The van der Waals surface area contributed by atoms with Gasteiger partial charge >= 0.3 is 0 Å². The Morgan fingerprint density at radius 2 is 2.26 bits per heavy atom. The van der Waals surface area contributed by atoms with Crippen LogP contribution in [0.1, 0.15) is 13.3 Å². The van der Waals surface area contributed by atoms with Crippen molar-refractivity contribution in [2.24, 2.45) is 7.05 Å². The number of aromatic nitrogens is 4. The third kappa shape index (κ3) is 2.19. The molecule has 5 nitrogen and oxygen atoms in total. The summed E-state index contributed by atoms with van der Waals surface area (Å²) in [5.41, 5.74) is 0.926. The van der Waals surface area contributed by atoms with E-state index in [1.807, 2.05) is 17.0 Å². The van der Waals surface area contributed by atoms with Crippen LogP contribution < -0.4 is 5.32 Å². The number of thiophene rings is 1. The average molecular weight is 273 g/mol. The van der Waals surface area contributed by atoms with Crippen LogP contribution in [0.25, 0.3) is 21.7 Å². The predicted molar refractivity (Wildman–Crippen MR) is 78.4 cm³/mol. The van der Waals surface area contributed by atoms with Crippen LogP contribution >= 0.6 is 11.3 Å². The molecule has 0 spiro atoms. The molecule has 19 heavy (non-hydrogen) atoms. The number of anilines is 1. The molecule has 0 amide bonds. The van der Waals surface area contributed by atoms with Crippen molar-refractivity contribution in [3.63, 3.8) is 0 Å². The van der Waals surface area contributed by atoms with Gasteiger partial charge in [0.05, 0.1) is 17.9 Å². The van der Waals surface area contributed by atoms with Gasteiger partial charge in [-0.2, -0.15) is 0 Å². The van der Waals surface area contributed by atoms with Crippen molar-refractivity contribution in [1.29, 1.82) is 0 Å². The summed E-state index contributed by atoms with van der Waals surface area (Å²) in [6.07, 6.45) is 4.62. The molecule has 0 radical (unpaired) electrons. The molecule has 0 bridgehead atoms. The van der Waals surface area contributed by atoms with E-state index < -0.39 is 0 Å². The van der Waals surface area contributed by atoms with Crippen LogP contribution in [0.2, 0.25) is 0 Å². The zero-order chi connectivity index (χ0) is 13.2. The number of nitrogens with one attached hydrogen (secondary N) is 1. The van der Waals surface area contributed by atoms with Gasteiger partial charge in [-0.3, -0.25) is 0 Å². The summed E-state index contributed by atoms with van der Waals surface area (Å²) in [6.45, 7) is 3.05. The molecule has 0 saturated carbocycles. The molecule has 0 aliphatic heterocycles. The molecule has 0 aliphatic carbocycles. The van der Waals surface area contributed by atoms with Gasteiger partial charge in [-0.25, -0.2) is 15.0 Å². The summed E-state index contributed by atoms with van der Waals surface area (Å²) < 4.78 is 1.93. The van der Waals surface area contributed by atoms with Crippen LogP contribution in [-0.2, 0) is 7.05 Å². The summed E-state index contributed by atoms with van der Waals surface area (Å²) in [7, 11) is 1.95. The van der Waals surface area contributed by atoms with E-state index in [2.05, 4.69) is 33.3 Å². The number of rotatable bonds is 4. The molecular formula is C13H15N5S. The molecule has 0 aromatic carbocycles. The Morgan fingerprint density at radius 1 is 1.37 bits per heavy atom. The summed E-state index contributed by atoms with van der Waals surface area (Å²) in [6, 6.07) is 2.06. The Morgan fingerprint density at radius 3 is 3.00 bits per heavy atom. The summed E-state index contributed by atoms with van der Waals surface area (Å²) in [4.78, 5) is 14.4. The maximum absolute atomic E-state index is 4.64. The van der Waals surface area contributed by atoms with E-state index in [0.29, 0.717) is 5.82 Å². The maximum atomic E-state index is 4.64. The van der Waals surface area contributed by atoms with Crippen LogP contribution in [0.5, 0.6) is 0 Å². The molecule has 3 rings (SSSR count). The highest BCUT2D eigenvalue weighted by Crippen LogP contribution is 2.28. The third-order valence-corrected chi connectivity index (χ3v) is 3.72. The number of imidazole rings is 1. The average Bonchev–Trinajstić information content (AvgIpc) is 3.03. The SMILES string of the molecule is CCCNc1nc(-c2cncn2C)nc2sccc12. The normalized spacial score (nSPS) is 11.1. The molecule has 0 unspecified atom stereocenters. The van der Waals surface area contributed by atoms with E-state index >= 15 is 0 Å². The molecular weight excluding hydrogens is 258 g/mol. The van der Waals surface area contributed by atoms with Gasteiger partial charge in [0.1, 0.15) is 16.3 Å². The zero-order valence-electron chi connectivity index (χ0n) is 10.9. The molecule has 3 aromatic heterocycles. The molecule has 3 heterocycles. The Balaban J connectivity index is 2.13. The number of hydrogen-bond donors (Lipinski definition) is 1. The Bertz CT molecular complexity index is 700. The smallest absolute Gasteiger partial charge is 0.181 e. The minimum absolute atomic E-state index is 0.716. The largest absolute Gasteiger partial charge is 0.369 e. The van der Waals surface area contributed by atoms with Gasteiger partial charge in [-0.15, -0.1) is 11.3 Å². The molecule has 0 atom stereocenters. The van der Waals surface area contributed by atoms with Crippen LogP contribution in [0.4, 0.5) is 5.82 Å². The lowest BCUT2D eigenvalue weighted by Crippen LogP contribution is -2.04. The van der Waals surface area contributed by atoms with Crippen LogP contribution in [0, 0.1) is 0 Å². The van der Waals surface area contributed by atoms with Crippen molar-refractivity contribution in [2.75, 3.05) is 11.9 Å². The minimum atomic E-state index is 0.716. The van der Waals surface area contributed by atoms with Crippen molar-refractivity contribution < 1.29 is 0 Å². The number of nitrogens with zero attached hydrogens (tertiary/aromatic N) is 4. The van der Waals surface area contributed by atoms with Crippen LogP contribution in [-0.4, -0.2) is 26.1 Å². The second-order valence-corrected chi connectivity index (χ2v) is 5.25. The zero-order valence-corrected chi connectivity index (χ0v) is 11.7. The first kappa shape index (κ1) is 12.1. The standard InChI is InChI=1S/C13H15N5S/c1-3-5-15-11-9-4-6-19-13(9)17-12(16-11)10-7-14-8-18(10)2/h4,6-8H,3,5H2,1-2H3,(H,15,16,17). The molecule has 0 saturated heterocycles. The molecule has 98 valence electrons. The minimum Gasteiger partial charge on any atom is -0.369 e. The van der Waals surface area contributed by atoms with Crippen molar-refractivity contribution in [3.8, 4) is 11.5 Å². The first-order valence-electron chi connectivity index (χ1n) is 6.25. The van der Waals surface area contributed by atoms with Crippen molar-refractivity contribution in [1.82, 2.24) is 19.5 Å². The Kier molecular flexibility index (Phi) is 3.16. The molecule has 3 aromatic rings. The highest BCUT2D eigenvalue weighted by molar-refractivity contribution is 7.16. The number of aryl methyl sites for hydroxylation is 1. The summed E-state index contributed by atoms with van der Waals surface area (Å²) in [5.74, 6) is 1.62. The van der Waals surface area contributed by atoms with E-state index in [1.165, 1.54) is 0 Å². The van der Waals surface area contributed by atoms with E-state index in [4.69, 9.17) is 0 Å². The highest BCUT2D eigenvalue weighted by atomic mass is 32.1. The molecule has 0 fully saturated rings. The van der Waals surface area contributed by atoms with Crippen LogP contribution in [0.15, 0.2) is 24.0 Å². The summed E-state index contributed by atoms with van der Waals surface area (Å²) >= 11 is 1.63. The fraction of sp³-hybridized carbons (Fsp3) is 0.308. The first-order chi connectivity index (χ1) is 9.29. The van der Waals surface area contributed by atoms with Gasteiger partial charge in [0.25, 0.3) is 0 Å². The lowest BCUT2D eigenvalue weighted by atomic mass is 10.3. The van der Waals surface area contributed by atoms with Crippen molar-refractivity contribution in [2.45, 2.75) is 13.3 Å². The predicted octanol–water partition coefficient (Wildman–Crippen LogP) is 2.91. The first-order valence-corrected chi connectivity index (χ1v) is 7.13. The van der Waals surface area contributed by atoms with Crippen molar-refractivity contribution in [3.05, 3.63) is 24.0 Å². The van der Waals surface area contributed by atoms with Gasteiger partial charge in [-0.05, 0) is 17.9 Å². The second-order valence-electron chi connectivity index (χ2n) is 4.35. The van der Waals surface area contributed by atoms with Gasteiger partial charge in [0.15, 0.2) is 5.82 Å². The van der Waals surface area contributed by atoms with Gasteiger partial charge in [0, 0.05) is 13.6 Å². The van der Waals surface area contributed by atoms with Gasteiger partial charge in [0.2, 0.25) is 0 Å². The van der Waals surface area contributed by atoms with E-state index in [-0.39, 0.29) is 0 Å². The van der Waals surface area contributed by atoms with Gasteiger partial charge in [-0.1, -0.05) is 6.92 Å². The fourth-order valence-electron chi connectivity index (χ4n) is 1.92. The van der Waals surface area contributed by atoms with E-state index in [9.17, 15) is 0 Å². The molecule has 1 N–H and O–H groups in total. The monoisotopic (exact) mass is 273 g/mol. The Hall–Kier alpha value is -1.95. The van der Waals surface area contributed by atoms with E-state index in [0.717, 1.165) is 34.7 Å². The Labute approximate surface area is 115 Å². The summed E-state index contributed by atoms with van der Waals surface area (Å²) in [5, 5.41) is 6.50.